The molecule has 0 saturated heterocycles. The summed E-state index contributed by atoms with van der Waals surface area (Å²) in [7, 11) is 0. The second-order valence-corrected chi connectivity index (χ2v) is 4.12. The minimum atomic E-state index is -1.33. The molecule has 0 bridgehead atoms. The lowest BCUT2D eigenvalue weighted by Gasteiger charge is -2.04. The summed E-state index contributed by atoms with van der Waals surface area (Å²) in [5.74, 6) is -2.29. The van der Waals surface area contributed by atoms with Crippen molar-refractivity contribution in [1.29, 1.82) is 0 Å². The third kappa shape index (κ3) is 2.92. The predicted octanol–water partition coefficient (Wildman–Crippen LogP) is 2.74. The van der Waals surface area contributed by atoms with Crippen molar-refractivity contribution in [3.8, 4) is 5.75 Å². The molecule has 4 heteroatoms. The SMILES string of the molecule is O=C(O)/C(=C\c1ccccc1)C(=O)c1ccccc1O. The molecule has 0 aliphatic rings. The first-order valence-corrected chi connectivity index (χ1v) is 5.92. The molecule has 2 aromatic rings. The number of hydrogen-bond acceptors (Lipinski definition) is 3. The molecule has 0 aliphatic carbocycles. The van der Waals surface area contributed by atoms with Gasteiger partial charge in [-0.15, -0.1) is 0 Å². The summed E-state index contributed by atoms with van der Waals surface area (Å²) < 4.78 is 0. The van der Waals surface area contributed by atoms with Crippen molar-refractivity contribution >= 4 is 17.8 Å². The van der Waals surface area contributed by atoms with Crippen LogP contribution in [0, 0.1) is 0 Å². The number of aromatic hydroxyl groups is 1. The highest BCUT2D eigenvalue weighted by Crippen LogP contribution is 2.21. The molecule has 0 aliphatic heterocycles. The maximum absolute atomic E-state index is 12.2. The number of phenolic OH excluding ortho intramolecular Hbond substituents is 1. The van der Waals surface area contributed by atoms with E-state index in [9.17, 15) is 19.8 Å². The molecular weight excluding hydrogens is 256 g/mol. The maximum Gasteiger partial charge on any atom is 0.339 e. The Morgan fingerprint density at radius 3 is 2.10 bits per heavy atom. The van der Waals surface area contributed by atoms with Gasteiger partial charge in [-0.3, -0.25) is 4.79 Å². The normalized spacial score (nSPS) is 11.1. The number of carboxylic acids is 1. The number of carbonyl (C=O) groups excluding carboxylic acids is 1. The fourth-order valence-corrected chi connectivity index (χ4v) is 1.75. The molecule has 0 fully saturated rings. The molecule has 0 saturated carbocycles. The van der Waals surface area contributed by atoms with Gasteiger partial charge in [-0.25, -0.2) is 4.79 Å². The number of carbonyl (C=O) groups is 2. The zero-order chi connectivity index (χ0) is 14.5. The van der Waals surface area contributed by atoms with Crippen molar-refractivity contribution in [2.75, 3.05) is 0 Å². The Morgan fingerprint density at radius 2 is 1.50 bits per heavy atom. The van der Waals surface area contributed by atoms with Gasteiger partial charge in [-0.05, 0) is 23.8 Å². The van der Waals surface area contributed by atoms with Gasteiger partial charge in [0.1, 0.15) is 11.3 Å². The van der Waals surface area contributed by atoms with Gasteiger partial charge in [0.15, 0.2) is 0 Å². The van der Waals surface area contributed by atoms with Crippen LogP contribution in [0.2, 0.25) is 0 Å². The van der Waals surface area contributed by atoms with E-state index in [1.807, 2.05) is 0 Å². The highest BCUT2D eigenvalue weighted by atomic mass is 16.4. The average molecular weight is 268 g/mol. The van der Waals surface area contributed by atoms with Crippen LogP contribution in [-0.2, 0) is 4.79 Å². The summed E-state index contributed by atoms with van der Waals surface area (Å²) in [6.07, 6.45) is 1.29. The lowest BCUT2D eigenvalue weighted by Crippen LogP contribution is -2.12. The van der Waals surface area contributed by atoms with Gasteiger partial charge in [0.25, 0.3) is 0 Å². The van der Waals surface area contributed by atoms with Crippen molar-refractivity contribution in [1.82, 2.24) is 0 Å². The van der Waals surface area contributed by atoms with Gasteiger partial charge in [-0.2, -0.15) is 0 Å². The topological polar surface area (TPSA) is 74.6 Å². The van der Waals surface area contributed by atoms with Crippen LogP contribution in [0.25, 0.3) is 6.08 Å². The molecule has 2 N–H and O–H groups in total. The fourth-order valence-electron chi connectivity index (χ4n) is 1.75. The first-order valence-electron chi connectivity index (χ1n) is 5.92. The van der Waals surface area contributed by atoms with Gasteiger partial charge < -0.3 is 10.2 Å². The highest BCUT2D eigenvalue weighted by molar-refractivity contribution is 6.27. The van der Waals surface area contributed by atoms with Crippen molar-refractivity contribution in [2.45, 2.75) is 0 Å². The third-order valence-electron chi connectivity index (χ3n) is 2.73. The number of ketones is 1. The van der Waals surface area contributed by atoms with Crippen LogP contribution in [0.1, 0.15) is 15.9 Å². The second-order valence-electron chi connectivity index (χ2n) is 4.12. The summed E-state index contributed by atoms with van der Waals surface area (Å²) in [6.45, 7) is 0. The van der Waals surface area contributed by atoms with Crippen molar-refractivity contribution in [3.05, 3.63) is 71.3 Å². The van der Waals surface area contributed by atoms with Crippen molar-refractivity contribution in [2.24, 2.45) is 0 Å². The van der Waals surface area contributed by atoms with Gasteiger partial charge in [0.2, 0.25) is 5.78 Å². The van der Waals surface area contributed by atoms with E-state index in [0.717, 1.165) is 0 Å². The smallest absolute Gasteiger partial charge is 0.339 e. The zero-order valence-corrected chi connectivity index (χ0v) is 10.5. The van der Waals surface area contributed by atoms with E-state index in [1.54, 1.807) is 42.5 Å². The Kier molecular flexibility index (Phi) is 3.96. The van der Waals surface area contributed by atoms with Gasteiger partial charge in [0, 0.05) is 0 Å². The summed E-state index contributed by atoms with van der Waals surface area (Å²) >= 11 is 0. The zero-order valence-electron chi connectivity index (χ0n) is 10.5. The predicted molar refractivity (Wildman–Crippen MR) is 74.5 cm³/mol. The highest BCUT2D eigenvalue weighted by Gasteiger charge is 2.21. The third-order valence-corrected chi connectivity index (χ3v) is 2.73. The van der Waals surface area contributed by atoms with Crippen LogP contribution in [0.4, 0.5) is 0 Å². The number of hydrogen-bond donors (Lipinski definition) is 2. The average Bonchev–Trinajstić information content (AvgIpc) is 2.45. The van der Waals surface area contributed by atoms with Crippen molar-refractivity contribution < 1.29 is 19.8 Å². The lowest BCUT2D eigenvalue weighted by molar-refractivity contribution is -0.132. The number of benzene rings is 2. The molecule has 0 unspecified atom stereocenters. The Hall–Kier alpha value is -2.88. The van der Waals surface area contributed by atoms with Crippen molar-refractivity contribution in [3.63, 3.8) is 0 Å². The standard InChI is InChI=1S/C16H12O4/c17-14-9-5-4-8-12(14)15(18)13(16(19)20)10-11-6-2-1-3-7-11/h1-10,17H,(H,19,20)/b13-10-. The lowest BCUT2D eigenvalue weighted by atomic mass is 10.0. The number of phenols is 1. The molecule has 2 aromatic carbocycles. The van der Waals surface area contributed by atoms with E-state index in [4.69, 9.17) is 0 Å². The number of rotatable bonds is 4. The Morgan fingerprint density at radius 1 is 0.900 bits per heavy atom. The summed E-state index contributed by atoms with van der Waals surface area (Å²) in [6, 6.07) is 14.5. The van der Waals surface area contributed by atoms with Crippen LogP contribution in [0.5, 0.6) is 5.75 Å². The number of para-hydroxylation sites is 1. The molecule has 2 rings (SSSR count). The summed E-state index contributed by atoms with van der Waals surface area (Å²) in [5.41, 5.74) is 0.184. The first kappa shape index (κ1) is 13.5. The number of Topliss-reactive ketones (excluding diaryl/α,β-unsaturated/α-hetero) is 1. The van der Waals surface area contributed by atoms with E-state index in [1.165, 1.54) is 18.2 Å². The van der Waals surface area contributed by atoms with Crippen LogP contribution in [0.3, 0.4) is 0 Å². The molecule has 0 radical (unpaired) electrons. The second kappa shape index (κ2) is 5.84. The first-order chi connectivity index (χ1) is 9.59. The number of aliphatic carboxylic acids is 1. The molecule has 0 atom stereocenters. The fraction of sp³-hybridized carbons (Fsp3) is 0. The van der Waals surface area contributed by atoms with Gasteiger partial charge in [-0.1, -0.05) is 42.5 Å². The Labute approximate surface area is 115 Å². The minimum absolute atomic E-state index is 0.0305. The van der Waals surface area contributed by atoms with Crippen LogP contribution in [0.15, 0.2) is 60.2 Å². The largest absolute Gasteiger partial charge is 0.507 e. The summed E-state index contributed by atoms with van der Waals surface area (Å²) in [4.78, 5) is 23.5. The molecule has 0 heterocycles. The molecule has 100 valence electrons. The summed E-state index contributed by atoms with van der Waals surface area (Å²) in [5, 5.41) is 18.8. The quantitative estimate of drug-likeness (QED) is 0.387. The van der Waals surface area contributed by atoms with E-state index in [2.05, 4.69) is 0 Å². The monoisotopic (exact) mass is 268 g/mol. The molecular formula is C16H12O4. The molecule has 20 heavy (non-hydrogen) atoms. The molecule has 0 aromatic heterocycles. The van der Waals surface area contributed by atoms with Crippen LogP contribution in [-0.4, -0.2) is 22.0 Å². The van der Waals surface area contributed by atoms with Crippen LogP contribution >= 0.6 is 0 Å². The molecule has 0 spiro atoms. The molecule has 4 nitrogen and oxygen atoms in total. The maximum atomic E-state index is 12.2. The van der Waals surface area contributed by atoms with E-state index in [0.29, 0.717) is 5.56 Å². The van der Waals surface area contributed by atoms with E-state index >= 15 is 0 Å². The van der Waals surface area contributed by atoms with Gasteiger partial charge >= 0.3 is 5.97 Å². The molecule has 0 amide bonds. The Bertz CT molecular complexity index is 672. The van der Waals surface area contributed by atoms with Gasteiger partial charge in [0.05, 0.1) is 5.56 Å². The Balaban J connectivity index is 2.45. The van der Waals surface area contributed by atoms with E-state index in [-0.39, 0.29) is 11.3 Å². The number of carboxylic acid groups (broad SMARTS) is 1. The minimum Gasteiger partial charge on any atom is -0.507 e. The van der Waals surface area contributed by atoms with Crippen LogP contribution < -0.4 is 0 Å². The van der Waals surface area contributed by atoms with E-state index < -0.39 is 17.3 Å².